The number of nitrogens with one attached hydrogen (secondary N) is 2. The smallest absolute Gasteiger partial charge is 0.410 e. The molecule has 0 atom stereocenters. The van der Waals surface area contributed by atoms with E-state index in [9.17, 15) is 14.4 Å². The number of aromatic amines is 1. The van der Waals surface area contributed by atoms with Gasteiger partial charge in [-0.05, 0) is 42.8 Å². The fraction of sp³-hybridized carbons (Fsp3) is 0.381. The Hall–Kier alpha value is -2.99. The van der Waals surface area contributed by atoms with E-state index < -0.39 is 5.60 Å². The van der Waals surface area contributed by atoms with Crippen molar-refractivity contribution < 1.29 is 14.3 Å². The first-order chi connectivity index (χ1) is 15.6. The third-order valence-electron chi connectivity index (χ3n) is 5.24. The van der Waals surface area contributed by atoms with Gasteiger partial charge in [0.2, 0.25) is 5.91 Å². The number of nitrogens with zero attached hydrogens (tertiary/aromatic N) is 4. The van der Waals surface area contributed by atoms with Crippen LogP contribution in [-0.4, -0.2) is 55.2 Å². The highest BCUT2D eigenvalue weighted by atomic mass is 79.9. The highest BCUT2D eigenvalue weighted by molar-refractivity contribution is 9.11. The lowest BCUT2D eigenvalue weighted by molar-refractivity contribution is -0.118. The van der Waals surface area contributed by atoms with Gasteiger partial charge in [-0.1, -0.05) is 0 Å². The molecule has 2 amide bonds. The number of rotatable bonds is 3. The van der Waals surface area contributed by atoms with Crippen LogP contribution in [0.3, 0.4) is 0 Å². The summed E-state index contributed by atoms with van der Waals surface area (Å²) in [5.74, 6) is -0.107. The summed E-state index contributed by atoms with van der Waals surface area (Å²) in [5, 5.41) is 7.81. The molecule has 0 saturated carbocycles. The first kappa shape index (κ1) is 21.8. The Morgan fingerprint density at radius 3 is 2.82 bits per heavy atom. The molecule has 1 saturated heterocycles. The molecular formula is C21H21BrN6O4S. The molecule has 2 N–H and O–H groups in total. The van der Waals surface area contributed by atoms with Gasteiger partial charge in [0.15, 0.2) is 0 Å². The lowest BCUT2D eigenvalue weighted by Crippen LogP contribution is -2.52. The molecule has 1 aliphatic heterocycles. The van der Waals surface area contributed by atoms with Gasteiger partial charge in [-0.2, -0.15) is 5.10 Å². The number of hydrogen-bond acceptors (Lipinski definition) is 7. The summed E-state index contributed by atoms with van der Waals surface area (Å²) < 4.78 is 7.86. The van der Waals surface area contributed by atoms with Gasteiger partial charge in [-0.3, -0.25) is 14.6 Å². The summed E-state index contributed by atoms with van der Waals surface area (Å²) in [6, 6.07) is 1.68. The van der Waals surface area contributed by atoms with Crippen molar-refractivity contribution in [1.29, 1.82) is 0 Å². The summed E-state index contributed by atoms with van der Waals surface area (Å²) in [6.07, 6.45) is 3.26. The van der Waals surface area contributed by atoms with E-state index in [1.165, 1.54) is 11.3 Å². The predicted octanol–water partition coefficient (Wildman–Crippen LogP) is 3.74. The molecule has 0 spiro atoms. The van der Waals surface area contributed by atoms with Crippen LogP contribution in [0.1, 0.15) is 27.2 Å². The van der Waals surface area contributed by atoms with Crippen molar-refractivity contribution in [1.82, 2.24) is 24.5 Å². The highest BCUT2D eigenvalue weighted by Gasteiger charge is 2.34. The minimum Gasteiger partial charge on any atom is -0.444 e. The quantitative estimate of drug-likeness (QED) is 0.414. The number of halogens is 1. The molecule has 0 unspecified atom stereocenters. The molecule has 1 fully saturated rings. The van der Waals surface area contributed by atoms with Crippen molar-refractivity contribution in [3.05, 3.63) is 32.6 Å². The van der Waals surface area contributed by atoms with E-state index in [0.29, 0.717) is 40.7 Å². The zero-order chi connectivity index (χ0) is 23.5. The van der Waals surface area contributed by atoms with E-state index in [-0.39, 0.29) is 29.9 Å². The lowest BCUT2D eigenvalue weighted by atomic mass is 9.96. The van der Waals surface area contributed by atoms with Crippen LogP contribution in [0.5, 0.6) is 0 Å². The number of thiazole rings is 1. The standard InChI is InChI=1S/C21H21BrN6O4S/c1-21(2,3)32-20(31)27-7-10(8-27)4-14(29)24-11-5-12-16(23-6-11)17-15(18(30)25-12)19-28(26-17)9-13(22)33-19/h5-6,9-10H,4,7-8H2,1-3H3,(H,24,29)(H,25,30). The maximum Gasteiger partial charge on any atom is 0.410 e. The van der Waals surface area contributed by atoms with Gasteiger partial charge in [0.05, 0.1) is 27.4 Å². The van der Waals surface area contributed by atoms with Crippen molar-refractivity contribution >= 4 is 71.7 Å². The van der Waals surface area contributed by atoms with E-state index in [4.69, 9.17) is 4.74 Å². The molecule has 0 aliphatic carbocycles. The zero-order valence-electron chi connectivity index (χ0n) is 18.1. The topological polar surface area (TPSA) is 122 Å². The Labute approximate surface area is 200 Å². The van der Waals surface area contributed by atoms with E-state index >= 15 is 0 Å². The number of fused-ring (bicyclic) bond motifs is 5. The van der Waals surface area contributed by atoms with E-state index in [0.717, 1.165) is 8.62 Å². The largest absolute Gasteiger partial charge is 0.444 e. The van der Waals surface area contributed by atoms with Crippen LogP contribution < -0.4 is 10.9 Å². The normalized spacial score (nSPS) is 14.7. The average molecular weight is 533 g/mol. The lowest BCUT2D eigenvalue weighted by Gasteiger charge is -2.39. The highest BCUT2D eigenvalue weighted by Crippen LogP contribution is 2.30. The van der Waals surface area contributed by atoms with Crippen LogP contribution in [0.25, 0.3) is 26.8 Å². The Kier molecular flexibility index (Phi) is 5.16. The van der Waals surface area contributed by atoms with Crippen molar-refractivity contribution in [2.75, 3.05) is 18.4 Å². The molecule has 4 aromatic heterocycles. The molecule has 1 aliphatic rings. The van der Waals surface area contributed by atoms with Gasteiger partial charge in [0, 0.05) is 25.4 Å². The molecule has 33 heavy (non-hydrogen) atoms. The summed E-state index contributed by atoms with van der Waals surface area (Å²) >= 11 is 4.83. The van der Waals surface area contributed by atoms with Crippen LogP contribution in [0.2, 0.25) is 0 Å². The molecule has 172 valence electrons. The maximum atomic E-state index is 12.7. The number of H-pyrrole nitrogens is 1. The second kappa shape index (κ2) is 7.80. The number of carbonyl (C=O) groups excluding carboxylic acids is 2. The molecule has 0 radical (unpaired) electrons. The van der Waals surface area contributed by atoms with E-state index in [1.807, 2.05) is 20.8 Å². The van der Waals surface area contributed by atoms with Gasteiger partial charge in [-0.15, -0.1) is 11.3 Å². The summed E-state index contributed by atoms with van der Waals surface area (Å²) in [7, 11) is 0. The second-order valence-electron chi connectivity index (χ2n) is 9.09. The predicted molar refractivity (Wildman–Crippen MR) is 129 cm³/mol. The Morgan fingerprint density at radius 2 is 2.09 bits per heavy atom. The Balaban J connectivity index is 1.28. The third-order valence-corrected chi connectivity index (χ3v) is 6.81. The number of amides is 2. The van der Waals surface area contributed by atoms with Crippen LogP contribution in [-0.2, 0) is 9.53 Å². The summed E-state index contributed by atoms with van der Waals surface area (Å²) in [4.78, 5) is 46.8. The second-order valence-corrected chi connectivity index (χ2v) is 11.5. The average Bonchev–Trinajstić information content (AvgIpc) is 3.18. The monoisotopic (exact) mass is 532 g/mol. The van der Waals surface area contributed by atoms with Gasteiger partial charge in [0.25, 0.3) is 5.56 Å². The number of hydrogen-bond donors (Lipinski definition) is 2. The third kappa shape index (κ3) is 4.20. The van der Waals surface area contributed by atoms with Crippen LogP contribution in [0, 0.1) is 5.92 Å². The van der Waals surface area contributed by atoms with E-state index in [1.54, 1.807) is 27.9 Å². The molecular weight excluding hydrogens is 512 g/mol. The summed E-state index contributed by atoms with van der Waals surface area (Å²) in [6.45, 7) is 6.43. The number of aromatic nitrogens is 4. The number of ether oxygens (including phenoxy) is 1. The van der Waals surface area contributed by atoms with Gasteiger partial charge in [0.1, 0.15) is 26.9 Å². The molecule has 5 rings (SSSR count). The van der Waals surface area contributed by atoms with Crippen LogP contribution in [0.4, 0.5) is 10.5 Å². The van der Waals surface area contributed by atoms with Gasteiger partial charge < -0.3 is 19.9 Å². The van der Waals surface area contributed by atoms with Gasteiger partial charge >= 0.3 is 6.09 Å². The molecule has 4 aromatic rings. The Bertz CT molecular complexity index is 1480. The van der Waals surface area contributed by atoms with Gasteiger partial charge in [-0.25, -0.2) is 9.31 Å². The maximum absolute atomic E-state index is 12.7. The minimum absolute atomic E-state index is 0.0724. The number of anilines is 1. The number of carbonyl (C=O) groups is 2. The first-order valence-electron chi connectivity index (χ1n) is 10.3. The zero-order valence-corrected chi connectivity index (χ0v) is 20.5. The van der Waals surface area contributed by atoms with Crippen molar-refractivity contribution in [3.8, 4) is 0 Å². The molecule has 0 aromatic carbocycles. The number of pyridine rings is 2. The molecule has 0 bridgehead atoms. The molecule has 10 nitrogen and oxygen atoms in total. The number of likely N-dealkylation sites (tertiary alicyclic amines) is 1. The van der Waals surface area contributed by atoms with Crippen LogP contribution >= 0.6 is 27.3 Å². The molecule has 12 heteroatoms. The van der Waals surface area contributed by atoms with Crippen molar-refractivity contribution in [2.24, 2.45) is 5.92 Å². The van der Waals surface area contributed by atoms with E-state index in [2.05, 4.69) is 36.3 Å². The SMILES string of the molecule is CC(C)(C)OC(=O)N1CC(CC(=O)Nc2cnc3c(c2)[nH]c(=O)c2c3nn3cc(Br)sc23)C1. The van der Waals surface area contributed by atoms with Crippen molar-refractivity contribution in [3.63, 3.8) is 0 Å². The van der Waals surface area contributed by atoms with Crippen molar-refractivity contribution in [2.45, 2.75) is 32.8 Å². The van der Waals surface area contributed by atoms with Crippen LogP contribution in [0.15, 0.2) is 27.0 Å². The fourth-order valence-corrected chi connectivity index (χ4v) is 5.31. The summed E-state index contributed by atoms with van der Waals surface area (Å²) in [5.41, 5.74) is 1.25. The minimum atomic E-state index is -0.543. The molecule has 5 heterocycles. The Morgan fingerprint density at radius 1 is 1.33 bits per heavy atom. The first-order valence-corrected chi connectivity index (χ1v) is 12.0. The fourth-order valence-electron chi connectivity index (χ4n) is 3.84.